The van der Waals surface area contributed by atoms with Crippen molar-refractivity contribution < 1.29 is 14.6 Å². The van der Waals surface area contributed by atoms with Crippen LogP contribution >= 0.6 is 0 Å². The van der Waals surface area contributed by atoms with E-state index < -0.39 is 5.60 Å². The van der Waals surface area contributed by atoms with Gasteiger partial charge in [0.2, 0.25) is 0 Å². The third-order valence-electron chi connectivity index (χ3n) is 2.22. The predicted molar refractivity (Wildman–Crippen MR) is 56.5 cm³/mol. The molecule has 0 saturated carbocycles. The van der Waals surface area contributed by atoms with Gasteiger partial charge in [-0.2, -0.15) is 0 Å². The van der Waals surface area contributed by atoms with Crippen LogP contribution in [0.1, 0.15) is 20.8 Å². The summed E-state index contributed by atoms with van der Waals surface area (Å²) in [7, 11) is 0. The minimum absolute atomic E-state index is 0.0577. The number of amides is 1. The molecule has 1 rings (SSSR count). The molecule has 15 heavy (non-hydrogen) atoms. The maximum absolute atomic E-state index is 11.6. The third-order valence-corrected chi connectivity index (χ3v) is 2.22. The van der Waals surface area contributed by atoms with E-state index in [0.717, 1.165) is 0 Å². The lowest BCUT2D eigenvalue weighted by molar-refractivity contribution is 0.00425. The Morgan fingerprint density at radius 1 is 1.27 bits per heavy atom. The molecule has 0 unspecified atom stereocenters. The van der Waals surface area contributed by atoms with E-state index in [1.807, 2.05) is 25.7 Å². The van der Waals surface area contributed by atoms with Crippen molar-refractivity contribution in [1.82, 2.24) is 9.80 Å². The Hall–Kier alpha value is -0.810. The quantitative estimate of drug-likeness (QED) is 0.693. The van der Waals surface area contributed by atoms with Gasteiger partial charge in [-0.05, 0) is 20.8 Å². The largest absolute Gasteiger partial charge is 0.444 e. The standard InChI is InChI=1S/C10H20N2O3/c1-10(2,3)15-9(14)12-6-4-11(8-13)5-7-12/h13H,4-8H2,1-3H3. The molecule has 1 fully saturated rings. The van der Waals surface area contributed by atoms with Gasteiger partial charge in [0.05, 0.1) is 6.73 Å². The normalized spacial score (nSPS) is 19.1. The minimum Gasteiger partial charge on any atom is -0.444 e. The van der Waals surface area contributed by atoms with Crippen LogP contribution in [0.4, 0.5) is 4.79 Å². The molecule has 0 spiro atoms. The fourth-order valence-corrected chi connectivity index (χ4v) is 1.40. The van der Waals surface area contributed by atoms with E-state index in [1.54, 1.807) is 4.90 Å². The van der Waals surface area contributed by atoms with Crippen molar-refractivity contribution >= 4 is 6.09 Å². The fraction of sp³-hybridized carbons (Fsp3) is 0.900. The number of rotatable bonds is 1. The molecule has 0 aromatic rings. The van der Waals surface area contributed by atoms with Crippen molar-refractivity contribution in [2.45, 2.75) is 26.4 Å². The molecule has 88 valence electrons. The average Bonchev–Trinajstić information content (AvgIpc) is 2.15. The van der Waals surface area contributed by atoms with Gasteiger partial charge in [-0.15, -0.1) is 0 Å². The highest BCUT2D eigenvalue weighted by atomic mass is 16.6. The SMILES string of the molecule is CC(C)(C)OC(=O)N1CCN(CO)CC1. The lowest BCUT2D eigenvalue weighted by Crippen LogP contribution is -2.50. The lowest BCUT2D eigenvalue weighted by atomic mass is 10.2. The van der Waals surface area contributed by atoms with Crippen LogP contribution in [0.5, 0.6) is 0 Å². The Kier molecular flexibility index (Phi) is 3.93. The smallest absolute Gasteiger partial charge is 0.410 e. The minimum atomic E-state index is -0.439. The summed E-state index contributed by atoms with van der Waals surface area (Å²) in [5.41, 5.74) is -0.439. The molecule has 5 heteroatoms. The molecule has 5 nitrogen and oxygen atoms in total. The van der Waals surface area contributed by atoms with Crippen LogP contribution in [0.2, 0.25) is 0 Å². The summed E-state index contributed by atoms with van der Waals surface area (Å²) in [5.74, 6) is 0. The summed E-state index contributed by atoms with van der Waals surface area (Å²) < 4.78 is 5.25. The summed E-state index contributed by atoms with van der Waals surface area (Å²) in [6.45, 7) is 8.28. The molecule has 1 amide bonds. The molecule has 0 atom stereocenters. The zero-order chi connectivity index (χ0) is 11.5. The molecule has 0 radical (unpaired) electrons. The van der Waals surface area contributed by atoms with Crippen molar-refractivity contribution in [2.24, 2.45) is 0 Å². The van der Waals surface area contributed by atoms with Crippen molar-refractivity contribution in [2.75, 3.05) is 32.9 Å². The number of nitrogens with zero attached hydrogens (tertiary/aromatic N) is 2. The van der Waals surface area contributed by atoms with Crippen molar-refractivity contribution in [3.8, 4) is 0 Å². The summed E-state index contributed by atoms with van der Waals surface area (Å²) in [5, 5.41) is 8.89. The van der Waals surface area contributed by atoms with Gasteiger partial charge < -0.3 is 14.7 Å². The van der Waals surface area contributed by atoms with Gasteiger partial charge in [0.15, 0.2) is 0 Å². The first-order valence-corrected chi connectivity index (χ1v) is 5.23. The summed E-state index contributed by atoms with van der Waals surface area (Å²) in [6.07, 6.45) is -0.264. The lowest BCUT2D eigenvalue weighted by Gasteiger charge is -2.34. The highest BCUT2D eigenvalue weighted by Crippen LogP contribution is 2.11. The van der Waals surface area contributed by atoms with E-state index in [1.165, 1.54) is 0 Å². The molecule has 1 saturated heterocycles. The topological polar surface area (TPSA) is 53.0 Å². The molecule has 1 heterocycles. The highest BCUT2D eigenvalue weighted by Gasteiger charge is 2.25. The molecule has 0 aliphatic carbocycles. The van der Waals surface area contributed by atoms with Crippen molar-refractivity contribution in [1.29, 1.82) is 0 Å². The van der Waals surface area contributed by atoms with E-state index in [-0.39, 0.29) is 12.8 Å². The van der Waals surface area contributed by atoms with Gasteiger partial charge >= 0.3 is 6.09 Å². The number of carbonyl (C=O) groups is 1. The Morgan fingerprint density at radius 2 is 1.80 bits per heavy atom. The summed E-state index contributed by atoms with van der Waals surface area (Å²) in [6, 6.07) is 0. The molecule has 0 aromatic heterocycles. The Morgan fingerprint density at radius 3 is 2.20 bits per heavy atom. The zero-order valence-electron chi connectivity index (χ0n) is 9.69. The van der Waals surface area contributed by atoms with Gasteiger partial charge in [-0.25, -0.2) is 4.79 Å². The zero-order valence-corrected chi connectivity index (χ0v) is 9.69. The number of piperazine rings is 1. The van der Waals surface area contributed by atoms with E-state index in [4.69, 9.17) is 9.84 Å². The Bertz CT molecular complexity index is 217. The fourth-order valence-electron chi connectivity index (χ4n) is 1.40. The van der Waals surface area contributed by atoms with E-state index >= 15 is 0 Å². The molecule has 1 aliphatic heterocycles. The first-order chi connectivity index (χ1) is 6.92. The van der Waals surface area contributed by atoms with Crippen LogP contribution in [-0.2, 0) is 4.74 Å². The van der Waals surface area contributed by atoms with Gasteiger partial charge in [0.1, 0.15) is 5.60 Å². The number of hydrogen-bond donors (Lipinski definition) is 1. The van der Waals surface area contributed by atoms with Crippen LogP contribution in [0, 0.1) is 0 Å². The second-order valence-corrected chi connectivity index (χ2v) is 4.73. The second kappa shape index (κ2) is 4.81. The number of carbonyl (C=O) groups excluding carboxylic acids is 1. The molecule has 1 N–H and O–H groups in total. The maximum atomic E-state index is 11.6. The van der Waals surface area contributed by atoms with Crippen LogP contribution in [-0.4, -0.2) is 59.5 Å². The third kappa shape index (κ3) is 4.05. The Labute approximate surface area is 90.6 Å². The van der Waals surface area contributed by atoms with Gasteiger partial charge in [0, 0.05) is 26.2 Å². The van der Waals surface area contributed by atoms with Crippen LogP contribution < -0.4 is 0 Å². The van der Waals surface area contributed by atoms with Crippen LogP contribution in [0.3, 0.4) is 0 Å². The average molecular weight is 216 g/mol. The predicted octanol–water partition coefficient (Wildman–Crippen LogP) is 0.489. The second-order valence-electron chi connectivity index (χ2n) is 4.73. The molecule has 0 bridgehead atoms. The number of aliphatic hydroxyl groups is 1. The van der Waals surface area contributed by atoms with Gasteiger partial charge in [0.25, 0.3) is 0 Å². The number of ether oxygens (including phenoxy) is 1. The first-order valence-electron chi connectivity index (χ1n) is 5.23. The van der Waals surface area contributed by atoms with Gasteiger partial charge in [-0.1, -0.05) is 0 Å². The van der Waals surface area contributed by atoms with E-state index in [2.05, 4.69) is 0 Å². The number of aliphatic hydroxyl groups excluding tert-OH is 1. The molecular formula is C10H20N2O3. The van der Waals surface area contributed by atoms with Crippen molar-refractivity contribution in [3.05, 3.63) is 0 Å². The van der Waals surface area contributed by atoms with E-state index in [9.17, 15) is 4.79 Å². The van der Waals surface area contributed by atoms with E-state index in [0.29, 0.717) is 26.2 Å². The first kappa shape index (κ1) is 12.3. The van der Waals surface area contributed by atoms with Gasteiger partial charge in [-0.3, -0.25) is 4.90 Å². The monoisotopic (exact) mass is 216 g/mol. The van der Waals surface area contributed by atoms with Crippen LogP contribution in [0.15, 0.2) is 0 Å². The Balaban J connectivity index is 2.37. The highest BCUT2D eigenvalue weighted by molar-refractivity contribution is 5.68. The van der Waals surface area contributed by atoms with Crippen molar-refractivity contribution in [3.63, 3.8) is 0 Å². The summed E-state index contributed by atoms with van der Waals surface area (Å²) in [4.78, 5) is 15.2. The number of hydrogen-bond acceptors (Lipinski definition) is 4. The summed E-state index contributed by atoms with van der Waals surface area (Å²) >= 11 is 0. The molecular weight excluding hydrogens is 196 g/mol. The van der Waals surface area contributed by atoms with Crippen LogP contribution in [0.25, 0.3) is 0 Å². The molecule has 0 aromatic carbocycles. The molecule has 1 aliphatic rings. The maximum Gasteiger partial charge on any atom is 0.410 e.